The molecule has 3 N–H and O–H groups in total. The summed E-state index contributed by atoms with van der Waals surface area (Å²) in [6.07, 6.45) is 3.24. The number of nitriles is 1. The number of carboxylic acid groups (broad SMARTS) is 1. The number of nitrogens with one attached hydrogen (secondary N) is 2. The van der Waals surface area contributed by atoms with Crippen LogP contribution in [-0.4, -0.2) is 36.1 Å². The maximum atomic E-state index is 11.4. The van der Waals surface area contributed by atoms with Crippen LogP contribution >= 0.6 is 0 Å². The second kappa shape index (κ2) is 7.67. The highest BCUT2D eigenvalue weighted by atomic mass is 16.4. The molecule has 1 rings (SSSR count). The van der Waals surface area contributed by atoms with E-state index in [1.165, 1.54) is 0 Å². The van der Waals surface area contributed by atoms with Crippen molar-refractivity contribution in [3.8, 4) is 6.07 Å². The minimum atomic E-state index is -0.720. The molecule has 100 valence electrons. The van der Waals surface area contributed by atoms with E-state index in [9.17, 15) is 9.59 Å². The second-order valence-electron chi connectivity index (χ2n) is 4.53. The number of carboxylic acids is 1. The molecule has 1 amide bonds. The Kier molecular flexibility index (Phi) is 6.15. The maximum Gasteiger partial charge on any atom is 0.306 e. The Labute approximate surface area is 106 Å². The van der Waals surface area contributed by atoms with Crippen LogP contribution in [0.1, 0.15) is 32.1 Å². The molecule has 0 saturated heterocycles. The molecule has 6 heteroatoms. The summed E-state index contributed by atoms with van der Waals surface area (Å²) in [5.74, 6) is -1.07. The first-order chi connectivity index (χ1) is 8.63. The summed E-state index contributed by atoms with van der Waals surface area (Å²) in [6.45, 7) is 0.608. The van der Waals surface area contributed by atoms with E-state index in [0.717, 1.165) is 12.8 Å². The van der Waals surface area contributed by atoms with Crippen molar-refractivity contribution < 1.29 is 14.7 Å². The Bertz CT molecular complexity index is 330. The van der Waals surface area contributed by atoms with Gasteiger partial charge in [0.05, 0.1) is 25.0 Å². The number of carbonyl (C=O) groups is 2. The van der Waals surface area contributed by atoms with Crippen LogP contribution in [0.3, 0.4) is 0 Å². The predicted molar refractivity (Wildman–Crippen MR) is 64.6 cm³/mol. The van der Waals surface area contributed by atoms with Crippen LogP contribution < -0.4 is 10.6 Å². The Hall–Kier alpha value is -1.61. The standard InChI is InChI=1S/C12H19N3O3/c13-6-1-7-14-11(16)8-15-10-4-2-9(3-5-10)12(17)18/h9-10,15H,1-5,7-8H2,(H,14,16)(H,17,18). The van der Waals surface area contributed by atoms with Gasteiger partial charge in [-0.15, -0.1) is 0 Å². The third-order valence-electron chi connectivity index (χ3n) is 3.19. The molecule has 1 aliphatic carbocycles. The van der Waals surface area contributed by atoms with E-state index in [1.54, 1.807) is 0 Å². The van der Waals surface area contributed by atoms with Crippen LogP contribution in [-0.2, 0) is 9.59 Å². The van der Waals surface area contributed by atoms with Crippen molar-refractivity contribution in [3.05, 3.63) is 0 Å². The lowest BCUT2D eigenvalue weighted by atomic mass is 9.86. The molecular formula is C12H19N3O3. The van der Waals surface area contributed by atoms with Crippen molar-refractivity contribution in [1.82, 2.24) is 10.6 Å². The third kappa shape index (κ3) is 5.15. The van der Waals surface area contributed by atoms with Gasteiger partial charge in [-0.05, 0) is 25.7 Å². The molecule has 0 heterocycles. The summed E-state index contributed by atoms with van der Waals surface area (Å²) in [5, 5.41) is 22.9. The zero-order chi connectivity index (χ0) is 13.4. The Morgan fingerprint density at radius 2 is 1.94 bits per heavy atom. The predicted octanol–water partition coefficient (Wildman–Crippen LogP) is 0.249. The zero-order valence-electron chi connectivity index (χ0n) is 10.3. The highest BCUT2D eigenvalue weighted by molar-refractivity contribution is 5.78. The summed E-state index contributed by atoms with van der Waals surface area (Å²) < 4.78 is 0. The number of aliphatic carboxylic acids is 1. The lowest BCUT2D eigenvalue weighted by Crippen LogP contribution is -2.41. The van der Waals surface area contributed by atoms with Crippen LogP contribution in [0.5, 0.6) is 0 Å². The first-order valence-electron chi connectivity index (χ1n) is 6.23. The first kappa shape index (κ1) is 14.5. The molecule has 0 bridgehead atoms. The van der Waals surface area contributed by atoms with Gasteiger partial charge in [-0.25, -0.2) is 0 Å². The fourth-order valence-electron chi connectivity index (χ4n) is 2.10. The van der Waals surface area contributed by atoms with Crippen LogP contribution in [0.4, 0.5) is 0 Å². The first-order valence-corrected chi connectivity index (χ1v) is 6.23. The van der Waals surface area contributed by atoms with E-state index in [0.29, 0.717) is 25.8 Å². The molecule has 0 unspecified atom stereocenters. The lowest BCUT2D eigenvalue weighted by molar-refractivity contribution is -0.143. The second-order valence-corrected chi connectivity index (χ2v) is 4.53. The number of carbonyl (C=O) groups excluding carboxylic acids is 1. The number of hydrogen-bond donors (Lipinski definition) is 3. The summed E-state index contributed by atoms with van der Waals surface area (Å²) >= 11 is 0. The third-order valence-corrected chi connectivity index (χ3v) is 3.19. The van der Waals surface area contributed by atoms with Crippen molar-refractivity contribution in [3.63, 3.8) is 0 Å². The molecule has 0 aromatic heterocycles. The SMILES string of the molecule is N#CCCNC(=O)CNC1CCC(C(=O)O)CC1. The molecule has 0 spiro atoms. The minimum absolute atomic E-state index is 0.120. The maximum absolute atomic E-state index is 11.4. The van der Waals surface area contributed by atoms with Crippen molar-refractivity contribution >= 4 is 11.9 Å². The number of nitrogens with zero attached hydrogens (tertiary/aromatic N) is 1. The summed E-state index contributed by atoms with van der Waals surface area (Å²) in [6, 6.07) is 2.18. The molecule has 1 saturated carbocycles. The van der Waals surface area contributed by atoms with Gasteiger partial charge in [-0.3, -0.25) is 9.59 Å². The van der Waals surface area contributed by atoms with Gasteiger partial charge in [0.2, 0.25) is 5.91 Å². The van der Waals surface area contributed by atoms with Gasteiger partial charge in [-0.1, -0.05) is 0 Å². The minimum Gasteiger partial charge on any atom is -0.481 e. The van der Waals surface area contributed by atoms with E-state index < -0.39 is 5.97 Å². The molecule has 0 aliphatic heterocycles. The van der Waals surface area contributed by atoms with Gasteiger partial charge in [0.1, 0.15) is 0 Å². The van der Waals surface area contributed by atoms with E-state index >= 15 is 0 Å². The van der Waals surface area contributed by atoms with E-state index in [1.807, 2.05) is 6.07 Å². The summed E-state index contributed by atoms with van der Waals surface area (Å²) in [5.41, 5.74) is 0. The quantitative estimate of drug-likeness (QED) is 0.589. The highest BCUT2D eigenvalue weighted by Crippen LogP contribution is 2.24. The molecule has 0 atom stereocenters. The van der Waals surface area contributed by atoms with Gasteiger partial charge in [0.15, 0.2) is 0 Å². The van der Waals surface area contributed by atoms with Crippen LogP contribution in [0.25, 0.3) is 0 Å². The number of hydrogen-bond acceptors (Lipinski definition) is 4. The monoisotopic (exact) mass is 253 g/mol. The van der Waals surface area contributed by atoms with Crippen LogP contribution in [0.2, 0.25) is 0 Å². The molecule has 1 aliphatic rings. The van der Waals surface area contributed by atoms with Crippen molar-refractivity contribution in [2.45, 2.75) is 38.1 Å². The van der Waals surface area contributed by atoms with Gasteiger partial charge in [-0.2, -0.15) is 5.26 Å². The van der Waals surface area contributed by atoms with Crippen molar-refractivity contribution in [2.24, 2.45) is 5.92 Å². The van der Waals surface area contributed by atoms with Crippen LogP contribution in [0, 0.1) is 17.2 Å². The largest absolute Gasteiger partial charge is 0.481 e. The Balaban J connectivity index is 2.12. The summed E-state index contributed by atoms with van der Waals surface area (Å²) in [4.78, 5) is 22.1. The smallest absolute Gasteiger partial charge is 0.306 e. The topological polar surface area (TPSA) is 102 Å². The van der Waals surface area contributed by atoms with Crippen LogP contribution in [0.15, 0.2) is 0 Å². The van der Waals surface area contributed by atoms with Crippen molar-refractivity contribution in [1.29, 1.82) is 5.26 Å². The molecule has 0 aromatic carbocycles. The fourth-order valence-corrected chi connectivity index (χ4v) is 2.10. The van der Waals surface area contributed by atoms with Gasteiger partial charge >= 0.3 is 5.97 Å². The van der Waals surface area contributed by atoms with Gasteiger partial charge in [0, 0.05) is 12.6 Å². The Morgan fingerprint density at radius 1 is 1.28 bits per heavy atom. The fraction of sp³-hybridized carbons (Fsp3) is 0.750. The van der Waals surface area contributed by atoms with E-state index in [2.05, 4.69) is 10.6 Å². The highest BCUT2D eigenvalue weighted by Gasteiger charge is 2.25. The molecule has 1 fully saturated rings. The van der Waals surface area contributed by atoms with E-state index in [-0.39, 0.29) is 24.4 Å². The molecule has 18 heavy (non-hydrogen) atoms. The normalized spacial score (nSPS) is 23.1. The lowest BCUT2D eigenvalue weighted by Gasteiger charge is -2.26. The average molecular weight is 253 g/mol. The Morgan fingerprint density at radius 3 is 2.50 bits per heavy atom. The number of rotatable bonds is 6. The van der Waals surface area contributed by atoms with Gasteiger partial charge < -0.3 is 15.7 Å². The molecule has 6 nitrogen and oxygen atoms in total. The molecule has 0 radical (unpaired) electrons. The van der Waals surface area contributed by atoms with Gasteiger partial charge in [0.25, 0.3) is 0 Å². The van der Waals surface area contributed by atoms with E-state index in [4.69, 9.17) is 10.4 Å². The van der Waals surface area contributed by atoms with Crippen molar-refractivity contribution in [2.75, 3.05) is 13.1 Å². The average Bonchev–Trinajstić information content (AvgIpc) is 2.37. The molecular weight excluding hydrogens is 234 g/mol. The molecule has 0 aromatic rings. The zero-order valence-corrected chi connectivity index (χ0v) is 10.3. The number of amides is 1. The summed E-state index contributed by atoms with van der Waals surface area (Å²) in [7, 11) is 0.